The molecule has 17 heavy (non-hydrogen) atoms. The first kappa shape index (κ1) is 10.7. The van der Waals surface area contributed by atoms with Crippen molar-refractivity contribution in [2.45, 2.75) is 18.0 Å². The van der Waals surface area contributed by atoms with Crippen LogP contribution in [-0.4, -0.2) is 17.4 Å². The van der Waals surface area contributed by atoms with E-state index in [-0.39, 0.29) is 5.56 Å². The van der Waals surface area contributed by atoms with Crippen molar-refractivity contribution in [3.63, 3.8) is 0 Å². The molecule has 0 atom stereocenters. The molecule has 1 aromatic heterocycles. The summed E-state index contributed by atoms with van der Waals surface area (Å²) in [7, 11) is 1.87. The van der Waals surface area contributed by atoms with Crippen molar-refractivity contribution in [2.24, 2.45) is 0 Å². The first-order valence-corrected chi connectivity index (χ1v) is 6.76. The van der Waals surface area contributed by atoms with E-state index in [1.807, 2.05) is 29.8 Å². The zero-order valence-electron chi connectivity index (χ0n) is 9.69. The minimum absolute atomic E-state index is 0.141. The van der Waals surface area contributed by atoms with Gasteiger partial charge in [-0.2, -0.15) is 0 Å². The van der Waals surface area contributed by atoms with Gasteiger partial charge in [-0.15, -0.1) is 11.8 Å². The van der Waals surface area contributed by atoms with Gasteiger partial charge in [0.1, 0.15) is 0 Å². The quantitative estimate of drug-likeness (QED) is 0.839. The van der Waals surface area contributed by atoms with Crippen LogP contribution in [0.5, 0.6) is 0 Å². The lowest BCUT2D eigenvalue weighted by molar-refractivity contribution is 0.596. The number of nitrogens with one attached hydrogen (secondary N) is 1. The zero-order chi connectivity index (χ0) is 11.8. The van der Waals surface area contributed by atoms with Gasteiger partial charge in [0.15, 0.2) is 0 Å². The van der Waals surface area contributed by atoms with Gasteiger partial charge in [0.05, 0.1) is 5.03 Å². The van der Waals surface area contributed by atoms with Gasteiger partial charge in [0, 0.05) is 30.4 Å². The van der Waals surface area contributed by atoms with Crippen LogP contribution in [0.15, 0.2) is 34.1 Å². The summed E-state index contributed by atoms with van der Waals surface area (Å²) in [5.41, 5.74) is 1.13. The third-order valence-corrected chi connectivity index (χ3v) is 4.27. The number of hydrogen-bond acceptors (Lipinski definition) is 3. The summed E-state index contributed by atoms with van der Waals surface area (Å²) < 4.78 is 1.90. The van der Waals surface area contributed by atoms with Gasteiger partial charge < -0.3 is 9.88 Å². The number of anilines is 1. The second kappa shape index (κ2) is 4.11. The summed E-state index contributed by atoms with van der Waals surface area (Å²) in [6.07, 6.45) is 1.08. The summed E-state index contributed by atoms with van der Waals surface area (Å²) in [6.45, 7) is 0.848. The van der Waals surface area contributed by atoms with Crippen LogP contribution in [0.4, 0.5) is 5.69 Å². The Balaban J connectivity index is 2.33. The van der Waals surface area contributed by atoms with E-state index in [2.05, 4.69) is 11.4 Å². The lowest BCUT2D eigenvalue weighted by Crippen LogP contribution is -2.24. The summed E-state index contributed by atoms with van der Waals surface area (Å²) in [4.78, 5) is 12.4. The standard InChI is InChI=1S/C13H14N2OS/c1-14-10-4-3-9-7-12-15(5-2-6-17-12)13(16)11(9)8-10/h3-4,7-8,14H,2,5-6H2,1H3. The van der Waals surface area contributed by atoms with Crippen LogP contribution in [0, 0.1) is 0 Å². The number of rotatable bonds is 1. The Kier molecular flexibility index (Phi) is 2.59. The second-order valence-corrected chi connectivity index (χ2v) is 5.31. The fourth-order valence-electron chi connectivity index (χ4n) is 2.21. The molecule has 0 aliphatic carbocycles. The van der Waals surface area contributed by atoms with Crippen molar-refractivity contribution in [1.29, 1.82) is 0 Å². The molecule has 0 amide bonds. The van der Waals surface area contributed by atoms with E-state index in [1.165, 1.54) is 0 Å². The SMILES string of the molecule is CNc1ccc2cc3n(c(=O)c2c1)CCCS3. The van der Waals surface area contributed by atoms with Crippen molar-refractivity contribution in [3.05, 3.63) is 34.6 Å². The second-order valence-electron chi connectivity index (χ2n) is 4.19. The van der Waals surface area contributed by atoms with Crippen LogP contribution in [0.2, 0.25) is 0 Å². The summed E-state index contributed by atoms with van der Waals surface area (Å²) in [5.74, 6) is 1.11. The van der Waals surface area contributed by atoms with E-state index in [0.717, 1.165) is 40.2 Å². The molecule has 3 nitrogen and oxygen atoms in total. The predicted octanol–water partition coefficient (Wildman–Crippen LogP) is 2.54. The fraction of sp³-hybridized carbons (Fsp3) is 0.308. The summed E-state index contributed by atoms with van der Waals surface area (Å²) in [5, 5.41) is 6.02. The number of aromatic nitrogens is 1. The van der Waals surface area contributed by atoms with Gasteiger partial charge in [-0.3, -0.25) is 4.79 Å². The Morgan fingerprint density at radius 1 is 1.35 bits per heavy atom. The lowest BCUT2D eigenvalue weighted by Gasteiger charge is -2.18. The van der Waals surface area contributed by atoms with Gasteiger partial charge in [0.25, 0.3) is 5.56 Å². The molecular weight excluding hydrogens is 232 g/mol. The van der Waals surface area contributed by atoms with E-state index in [4.69, 9.17) is 0 Å². The molecule has 1 aliphatic rings. The van der Waals surface area contributed by atoms with Crippen molar-refractivity contribution < 1.29 is 0 Å². The van der Waals surface area contributed by atoms with E-state index < -0.39 is 0 Å². The minimum Gasteiger partial charge on any atom is -0.388 e. The van der Waals surface area contributed by atoms with Gasteiger partial charge in [-0.1, -0.05) is 6.07 Å². The molecule has 0 saturated heterocycles. The van der Waals surface area contributed by atoms with Crippen LogP contribution in [0.25, 0.3) is 10.8 Å². The normalized spacial score (nSPS) is 14.6. The van der Waals surface area contributed by atoms with E-state index in [1.54, 1.807) is 11.8 Å². The molecular formula is C13H14N2OS. The van der Waals surface area contributed by atoms with Crippen molar-refractivity contribution in [1.82, 2.24) is 4.57 Å². The van der Waals surface area contributed by atoms with Gasteiger partial charge >= 0.3 is 0 Å². The Labute approximate surface area is 104 Å². The average Bonchev–Trinajstić information content (AvgIpc) is 2.39. The van der Waals surface area contributed by atoms with Crippen molar-refractivity contribution in [3.8, 4) is 0 Å². The molecule has 1 aliphatic heterocycles. The molecule has 2 heterocycles. The van der Waals surface area contributed by atoms with Gasteiger partial charge in [-0.05, 0) is 30.0 Å². The minimum atomic E-state index is 0.141. The average molecular weight is 246 g/mol. The Morgan fingerprint density at radius 2 is 2.24 bits per heavy atom. The molecule has 3 rings (SSSR count). The monoisotopic (exact) mass is 246 g/mol. The zero-order valence-corrected chi connectivity index (χ0v) is 10.5. The molecule has 88 valence electrons. The molecule has 0 saturated carbocycles. The lowest BCUT2D eigenvalue weighted by atomic mass is 10.1. The Bertz CT molecular complexity index is 633. The Morgan fingerprint density at radius 3 is 3.06 bits per heavy atom. The van der Waals surface area contributed by atoms with Crippen LogP contribution < -0.4 is 10.9 Å². The third-order valence-electron chi connectivity index (χ3n) is 3.14. The van der Waals surface area contributed by atoms with E-state index in [9.17, 15) is 4.79 Å². The molecule has 0 fully saturated rings. The smallest absolute Gasteiger partial charge is 0.259 e. The topological polar surface area (TPSA) is 34.0 Å². The maximum absolute atomic E-state index is 12.4. The van der Waals surface area contributed by atoms with Crippen molar-refractivity contribution >= 4 is 28.2 Å². The highest BCUT2D eigenvalue weighted by atomic mass is 32.2. The maximum Gasteiger partial charge on any atom is 0.259 e. The van der Waals surface area contributed by atoms with Gasteiger partial charge in [0.2, 0.25) is 0 Å². The number of pyridine rings is 1. The summed E-state index contributed by atoms with van der Waals surface area (Å²) in [6, 6.07) is 8.08. The van der Waals surface area contributed by atoms with E-state index in [0.29, 0.717) is 0 Å². The van der Waals surface area contributed by atoms with Crippen LogP contribution in [0.1, 0.15) is 6.42 Å². The number of nitrogens with zero attached hydrogens (tertiary/aromatic N) is 1. The molecule has 1 aromatic carbocycles. The summed E-state index contributed by atoms with van der Waals surface area (Å²) >= 11 is 1.78. The molecule has 2 aromatic rings. The fourth-order valence-corrected chi connectivity index (χ4v) is 3.23. The largest absolute Gasteiger partial charge is 0.388 e. The highest BCUT2D eigenvalue weighted by molar-refractivity contribution is 7.99. The molecule has 4 heteroatoms. The number of fused-ring (bicyclic) bond motifs is 2. The van der Waals surface area contributed by atoms with Crippen molar-refractivity contribution in [2.75, 3.05) is 18.1 Å². The molecule has 0 bridgehead atoms. The first-order chi connectivity index (χ1) is 8.29. The number of thioether (sulfide) groups is 1. The molecule has 0 radical (unpaired) electrons. The number of hydrogen-bond donors (Lipinski definition) is 1. The maximum atomic E-state index is 12.4. The van der Waals surface area contributed by atoms with Crippen LogP contribution >= 0.6 is 11.8 Å². The molecule has 1 N–H and O–H groups in total. The van der Waals surface area contributed by atoms with Crippen LogP contribution in [0.3, 0.4) is 0 Å². The third kappa shape index (κ3) is 1.72. The highest BCUT2D eigenvalue weighted by Crippen LogP contribution is 2.26. The first-order valence-electron chi connectivity index (χ1n) is 5.78. The Hall–Kier alpha value is -1.42. The predicted molar refractivity (Wildman–Crippen MR) is 73.1 cm³/mol. The van der Waals surface area contributed by atoms with E-state index >= 15 is 0 Å². The van der Waals surface area contributed by atoms with Crippen LogP contribution in [-0.2, 0) is 6.54 Å². The molecule has 0 unspecified atom stereocenters. The molecule has 0 spiro atoms. The van der Waals surface area contributed by atoms with Gasteiger partial charge in [-0.25, -0.2) is 0 Å². The highest BCUT2D eigenvalue weighted by Gasteiger charge is 2.13. The number of benzene rings is 1.